The van der Waals surface area contributed by atoms with Crippen molar-refractivity contribution in [3.63, 3.8) is 0 Å². The number of nitrogens with zero attached hydrogens (tertiary/aromatic N) is 1. The third-order valence-electron chi connectivity index (χ3n) is 4.23. The van der Waals surface area contributed by atoms with E-state index in [2.05, 4.69) is 39.8 Å². The maximum absolute atomic E-state index is 11.8. The number of rotatable bonds is 6. The van der Waals surface area contributed by atoms with Gasteiger partial charge in [0.15, 0.2) is 0 Å². The van der Waals surface area contributed by atoms with Crippen molar-refractivity contribution in [3.05, 3.63) is 59.7 Å². The molecule has 4 N–H and O–H groups in total. The first-order valence-corrected chi connectivity index (χ1v) is 8.34. The lowest BCUT2D eigenvalue weighted by atomic mass is 10.1. The molecule has 0 atom stereocenters. The summed E-state index contributed by atoms with van der Waals surface area (Å²) < 4.78 is 0. The van der Waals surface area contributed by atoms with E-state index in [0.29, 0.717) is 5.69 Å². The Morgan fingerprint density at radius 1 is 1.04 bits per heavy atom. The summed E-state index contributed by atoms with van der Waals surface area (Å²) in [5.41, 5.74) is 9.76. The van der Waals surface area contributed by atoms with E-state index in [4.69, 9.17) is 5.73 Å². The molecule has 0 unspecified atom stereocenters. The van der Waals surface area contributed by atoms with Crippen LogP contribution in [0.4, 0.5) is 11.4 Å². The minimum Gasteiger partial charge on any atom is -0.367 e. The van der Waals surface area contributed by atoms with E-state index in [1.54, 1.807) is 0 Å². The number of carbonyl (C=O) groups is 2. The number of nitrogens with one attached hydrogen (secondary N) is 2. The number of fused-ring (bicyclic) bond motifs is 1. The lowest BCUT2D eigenvalue weighted by Gasteiger charge is -2.19. The van der Waals surface area contributed by atoms with E-state index in [9.17, 15) is 9.59 Å². The van der Waals surface area contributed by atoms with Gasteiger partial charge in [-0.2, -0.15) is 0 Å². The van der Waals surface area contributed by atoms with Crippen LogP contribution in [0.1, 0.15) is 11.1 Å². The molecule has 25 heavy (non-hydrogen) atoms. The molecule has 0 saturated heterocycles. The summed E-state index contributed by atoms with van der Waals surface area (Å²) in [5, 5.41) is 5.19. The molecular formula is C19H22N4O2. The first-order valence-electron chi connectivity index (χ1n) is 8.34. The molecule has 130 valence electrons. The second kappa shape index (κ2) is 7.81. The Morgan fingerprint density at radius 3 is 2.56 bits per heavy atom. The third-order valence-corrected chi connectivity index (χ3v) is 4.23. The summed E-state index contributed by atoms with van der Waals surface area (Å²) in [4.78, 5) is 25.2. The van der Waals surface area contributed by atoms with E-state index in [0.717, 1.165) is 19.5 Å². The molecule has 3 rings (SSSR count). The van der Waals surface area contributed by atoms with Gasteiger partial charge in [-0.1, -0.05) is 30.3 Å². The quantitative estimate of drug-likeness (QED) is 0.740. The average molecular weight is 338 g/mol. The van der Waals surface area contributed by atoms with Crippen LogP contribution in [0.3, 0.4) is 0 Å². The second-order valence-electron chi connectivity index (χ2n) is 6.03. The molecule has 0 bridgehead atoms. The Labute approximate surface area is 147 Å². The number of nitrogens with two attached hydrogens (primary N) is 1. The average Bonchev–Trinajstić information content (AvgIpc) is 3.04. The Balaban J connectivity index is 1.54. The fraction of sp³-hybridized carbons (Fsp3) is 0.263. The molecule has 2 amide bonds. The summed E-state index contributed by atoms with van der Waals surface area (Å²) >= 11 is 0. The predicted octanol–water partition coefficient (Wildman–Crippen LogP) is 1.26. The van der Waals surface area contributed by atoms with E-state index in [1.807, 2.05) is 24.3 Å². The van der Waals surface area contributed by atoms with Crippen LogP contribution in [0, 0.1) is 0 Å². The molecule has 0 aromatic heterocycles. The van der Waals surface area contributed by atoms with Crippen molar-refractivity contribution in [1.29, 1.82) is 0 Å². The Hall–Kier alpha value is -2.86. The number of carbonyl (C=O) groups excluding carboxylic acids is 2. The zero-order valence-corrected chi connectivity index (χ0v) is 14.0. The summed E-state index contributed by atoms with van der Waals surface area (Å²) in [5.74, 6) is -0.626. The van der Waals surface area contributed by atoms with Gasteiger partial charge in [-0.3, -0.25) is 9.59 Å². The van der Waals surface area contributed by atoms with E-state index < -0.39 is 0 Å². The van der Waals surface area contributed by atoms with E-state index in [-0.39, 0.29) is 24.9 Å². The maximum Gasteiger partial charge on any atom is 0.243 e. The van der Waals surface area contributed by atoms with Crippen LogP contribution in [-0.2, 0) is 22.6 Å². The minimum atomic E-state index is -0.351. The molecule has 1 aliphatic heterocycles. The fourth-order valence-electron chi connectivity index (χ4n) is 2.94. The molecule has 2 aromatic rings. The van der Waals surface area contributed by atoms with Crippen LogP contribution in [0.2, 0.25) is 0 Å². The zero-order valence-electron chi connectivity index (χ0n) is 14.0. The van der Waals surface area contributed by atoms with Gasteiger partial charge in [-0.15, -0.1) is 0 Å². The Kier molecular flexibility index (Phi) is 5.30. The van der Waals surface area contributed by atoms with Gasteiger partial charge in [0.2, 0.25) is 11.8 Å². The first-order chi connectivity index (χ1) is 12.2. The largest absolute Gasteiger partial charge is 0.367 e. The summed E-state index contributed by atoms with van der Waals surface area (Å²) in [6.45, 7) is 1.67. The molecule has 6 heteroatoms. The summed E-state index contributed by atoms with van der Waals surface area (Å²) in [6.07, 6.45) is 1.08. The smallest absolute Gasteiger partial charge is 0.243 e. The van der Waals surface area contributed by atoms with Crippen molar-refractivity contribution in [2.45, 2.75) is 13.0 Å². The maximum atomic E-state index is 11.8. The molecular weight excluding hydrogens is 316 g/mol. The SMILES string of the molecule is NCC(=O)NCC(=O)Nc1ccc(CN2CCc3ccccc32)cc1. The fourth-order valence-corrected chi connectivity index (χ4v) is 2.94. The molecule has 0 radical (unpaired) electrons. The van der Waals surface area contributed by atoms with Crippen LogP contribution in [0.25, 0.3) is 0 Å². The Morgan fingerprint density at radius 2 is 1.80 bits per heavy atom. The van der Waals surface area contributed by atoms with Crippen LogP contribution in [-0.4, -0.2) is 31.4 Å². The van der Waals surface area contributed by atoms with Gasteiger partial charge >= 0.3 is 0 Å². The molecule has 0 fully saturated rings. The molecule has 2 aromatic carbocycles. The molecule has 0 aliphatic carbocycles. The van der Waals surface area contributed by atoms with E-state index >= 15 is 0 Å². The zero-order chi connectivity index (χ0) is 17.6. The lowest BCUT2D eigenvalue weighted by Crippen LogP contribution is -2.36. The van der Waals surface area contributed by atoms with Crippen molar-refractivity contribution in [2.24, 2.45) is 5.73 Å². The van der Waals surface area contributed by atoms with Crippen LogP contribution in [0.15, 0.2) is 48.5 Å². The summed E-state index contributed by atoms with van der Waals surface area (Å²) in [6, 6.07) is 16.3. The van der Waals surface area contributed by atoms with Crippen molar-refractivity contribution < 1.29 is 9.59 Å². The number of para-hydroxylation sites is 1. The molecule has 1 aliphatic rings. The number of hydrogen-bond acceptors (Lipinski definition) is 4. The van der Waals surface area contributed by atoms with Crippen LogP contribution >= 0.6 is 0 Å². The summed E-state index contributed by atoms with van der Waals surface area (Å²) in [7, 11) is 0. The molecule has 0 spiro atoms. The van der Waals surface area contributed by atoms with Gasteiger partial charge in [-0.05, 0) is 35.7 Å². The van der Waals surface area contributed by atoms with Gasteiger partial charge in [0.1, 0.15) is 0 Å². The second-order valence-corrected chi connectivity index (χ2v) is 6.03. The van der Waals surface area contributed by atoms with E-state index in [1.165, 1.54) is 16.8 Å². The van der Waals surface area contributed by atoms with Crippen LogP contribution in [0.5, 0.6) is 0 Å². The van der Waals surface area contributed by atoms with Crippen molar-refractivity contribution in [1.82, 2.24) is 5.32 Å². The number of benzene rings is 2. The topological polar surface area (TPSA) is 87.5 Å². The van der Waals surface area contributed by atoms with Crippen molar-refractivity contribution in [3.8, 4) is 0 Å². The van der Waals surface area contributed by atoms with Gasteiger partial charge in [0.05, 0.1) is 13.1 Å². The first kappa shape index (κ1) is 17.0. The number of hydrogen-bond donors (Lipinski definition) is 3. The highest BCUT2D eigenvalue weighted by Crippen LogP contribution is 2.28. The third kappa shape index (κ3) is 4.36. The van der Waals surface area contributed by atoms with Crippen LogP contribution < -0.4 is 21.3 Å². The molecule has 0 saturated carbocycles. The number of anilines is 2. The van der Waals surface area contributed by atoms with Gasteiger partial charge in [0.25, 0.3) is 0 Å². The lowest BCUT2D eigenvalue weighted by molar-refractivity contribution is -0.123. The normalized spacial score (nSPS) is 12.6. The Bertz CT molecular complexity index is 758. The standard InChI is InChI=1S/C19H22N4O2/c20-11-18(24)21-12-19(25)22-16-7-5-14(6-8-16)13-23-10-9-15-3-1-2-4-17(15)23/h1-8H,9-13,20H2,(H,21,24)(H,22,25). The highest BCUT2D eigenvalue weighted by molar-refractivity contribution is 5.94. The monoisotopic (exact) mass is 338 g/mol. The molecule has 1 heterocycles. The predicted molar refractivity (Wildman–Crippen MR) is 98.3 cm³/mol. The van der Waals surface area contributed by atoms with Gasteiger partial charge in [0, 0.05) is 24.5 Å². The van der Waals surface area contributed by atoms with Crippen molar-refractivity contribution in [2.75, 3.05) is 29.9 Å². The minimum absolute atomic E-state index is 0.0810. The molecule has 6 nitrogen and oxygen atoms in total. The van der Waals surface area contributed by atoms with Crippen molar-refractivity contribution >= 4 is 23.2 Å². The van der Waals surface area contributed by atoms with Gasteiger partial charge in [-0.25, -0.2) is 0 Å². The number of amides is 2. The van der Waals surface area contributed by atoms with Gasteiger partial charge < -0.3 is 21.3 Å². The highest BCUT2D eigenvalue weighted by atomic mass is 16.2. The highest BCUT2D eigenvalue weighted by Gasteiger charge is 2.18.